The Morgan fingerprint density at radius 1 is 1.33 bits per heavy atom. The number of fused-ring (bicyclic) bond motifs is 1. The largest absolute Gasteiger partial charge is 0.385 e. The Kier molecular flexibility index (Phi) is 3.68. The third-order valence-corrected chi connectivity index (χ3v) is 4.79. The molecule has 1 aromatic heterocycles. The maximum absolute atomic E-state index is 13.8. The van der Waals surface area contributed by atoms with Crippen molar-refractivity contribution in [2.45, 2.75) is 31.3 Å². The van der Waals surface area contributed by atoms with E-state index in [4.69, 9.17) is 23.2 Å². The highest BCUT2D eigenvalue weighted by molar-refractivity contribution is 6.35. The van der Waals surface area contributed by atoms with Crippen molar-refractivity contribution in [2.24, 2.45) is 0 Å². The van der Waals surface area contributed by atoms with Crippen molar-refractivity contribution < 1.29 is 9.50 Å². The van der Waals surface area contributed by atoms with E-state index in [9.17, 15) is 9.50 Å². The zero-order valence-corrected chi connectivity index (χ0v) is 12.9. The number of aryl methyl sites for hydroxylation is 1. The van der Waals surface area contributed by atoms with E-state index in [1.165, 1.54) is 12.1 Å². The van der Waals surface area contributed by atoms with Crippen LogP contribution in [0.1, 0.15) is 36.1 Å². The standard InChI is InChI=1S/C16H14Cl2FNO/c1-16(21,11-7-14(19)13(18)8-12(11)17)10-5-4-9-3-2-6-20-15(9)10/h2-3,6-8,10,21H,4-5H2,1H3. The number of hydrogen-bond acceptors (Lipinski definition) is 2. The first kappa shape index (κ1) is 14.8. The summed E-state index contributed by atoms with van der Waals surface area (Å²) < 4.78 is 13.8. The zero-order chi connectivity index (χ0) is 15.2. The Morgan fingerprint density at radius 3 is 2.86 bits per heavy atom. The molecule has 1 aromatic carbocycles. The first-order valence-corrected chi connectivity index (χ1v) is 7.48. The van der Waals surface area contributed by atoms with Gasteiger partial charge in [-0.1, -0.05) is 29.3 Å². The predicted octanol–water partition coefficient (Wildman–Crippen LogP) is 4.47. The van der Waals surface area contributed by atoms with Crippen LogP contribution in [0.3, 0.4) is 0 Å². The van der Waals surface area contributed by atoms with Gasteiger partial charge in [0.2, 0.25) is 0 Å². The van der Waals surface area contributed by atoms with E-state index in [1.54, 1.807) is 13.1 Å². The van der Waals surface area contributed by atoms with Crippen molar-refractivity contribution >= 4 is 23.2 Å². The molecule has 0 fully saturated rings. The summed E-state index contributed by atoms with van der Waals surface area (Å²) in [6, 6.07) is 6.43. The number of aromatic nitrogens is 1. The van der Waals surface area contributed by atoms with Crippen LogP contribution in [0, 0.1) is 5.82 Å². The summed E-state index contributed by atoms with van der Waals surface area (Å²) in [5.74, 6) is -0.803. The van der Waals surface area contributed by atoms with Gasteiger partial charge in [-0.3, -0.25) is 4.98 Å². The van der Waals surface area contributed by atoms with Gasteiger partial charge in [0.15, 0.2) is 0 Å². The molecular formula is C16H14Cl2FNO. The van der Waals surface area contributed by atoms with Crippen LogP contribution >= 0.6 is 23.2 Å². The maximum Gasteiger partial charge on any atom is 0.142 e. The van der Waals surface area contributed by atoms with Crippen LogP contribution in [0.5, 0.6) is 0 Å². The average Bonchev–Trinajstić information content (AvgIpc) is 2.87. The molecule has 1 aliphatic rings. The van der Waals surface area contributed by atoms with E-state index in [2.05, 4.69) is 4.98 Å². The molecule has 21 heavy (non-hydrogen) atoms. The lowest BCUT2D eigenvalue weighted by Crippen LogP contribution is -2.30. The van der Waals surface area contributed by atoms with Crippen molar-refractivity contribution in [1.82, 2.24) is 4.98 Å². The van der Waals surface area contributed by atoms with Gasteiger partial charge < -0.3 is 5.11 Å². The molecule has 1 N–H and O–H groups in total. The van der Waals surface area contributed by atoms with Crippen molar-refractivity contribution in [1.29, 1.82) is 0 Å². The number of aliphatic hydroxyl groups is 1. The highest BCUT2D eigenvalue weighted by Crippen LogP contribution is 2.46. The first-order chi connectivity index (χ1) is 9.91. The second-order valence-corrected chi connectivity index (χ2v) is 6.35. The fraction of sp³-hybridized carbons (Fsp3) is 0.312. The highest BCUT2D eigenvalue weighted by atomic mass is 35.5. The molecule has 0 bridgehead atoms. The Hall–Kier alpha value is -1.16. The second-order valence-electron chi connectivity index (χ2n) is 5.53. The molecule has 110 valence electrons. The third kappa shape index (κ3) is 2.44. The minimum Gasteiger partial charge on any atom is -0.385 e. The van der Waals surface area contributed by atoms with Crippen LogP contribution < -0.4 is 0 Å². The normalized spacial score (nSPS) is 20.1. The van der Waals surface area contributed by atoms with Gasteiger partial charge in [-0.25, -0.2) is 4.39 Å². The summed E-state index contributed by atoms with van der Waals surface area (Å²) in [7, 11) is 0. The molecule has 5 heteroatoms. The molecule has 2 unspecified atom stereocenters. The molecule has 0 radical (unpaired) electrons. The van der Waals surface area contributed by atoms with Crippen molar-refractivity contribution in [3.63, 3.8) is 0 Å². The maximum atomic E-state index is 13.8. The number of rotatable bonds is 2. The van der Waals surface area contributed by atoms with Crippen molar-refractivity contribution in [2.75, 3.05) is 0 Å². The van der Waals surface area contributed by atoms with Crippen LogP contribution in [-0.4, -0.2) is 10.1 Å². The summed E-state index contributed by atoms with van der Waals surface area (Å²) in [5.41, 5.74) is 1.01. The number of pyridine rings is 1. The molecule has 3 rings (SSSR count). The quantitative estimate of drug-likeness (QED) is 0.826. The topological polar surface area (TPSA) is 33.1 Å². The molecule has 0 spiro atoms. The molecule has 1 aliphatic carbocycles. The number of nitrogens with zero attached hydrogens (tertiary/aromatic N) is 1. The summed E-state index contributed by atoms with van der Waals surface area (Å²) in [5, 5.41) is 11.2. The van der Waals surface area contributed by atoms with E-state index in [1.807, 2.05) is 12.1 Å². The lowest BCUT2D eigenvalue weighted by Gasteiger charge is -2.31. The van der Waals surface area contributed by atoms with Gasteiger partial charge in [0.1, 0.15) is 5.82 Å². The van der Waals surface area contributed by atoms with E-state index >= 15 is 0 Å². The summed E-state index contributed by atoms with van der Waals surface area (Å²) >= 11 is 11.9. The first-order valence-electron chi connectivity index (χ1n) is 6.72. The lowest BCUT2D eigenvalue weighted by atomic mass is 9.81. The van der Waals surface area contributed by atoms with Crippen LogP contribution in [0.15, 0.2) is 30.5 Å². The molecule has 2 nitrogen and oxygen atoms in total. The van der Waals surface area contributed by atoms with Gasteiger partial charge in [0.05, 0.1) is 10.6 Å². The molecule has 0 amide bonds. The number of halogens is 3. The van der Waals surface area contributed by atoms with Crippen LogP contribution in [0.25, 0.3) is 0 Å². The molecule has 2 aromatic rings. The van der Waals surface area contributed by atoms with E-state index in [0.717, 1.165) is 24.1 Å². The van der Waals surface area contributed by atoms with Crippen LogP contribution in [0.2, 0.25) is 10.0 Å². The third-order valence-electron chi connectivity index (χ3n) is 4.19. The molecule has 0 saturated heterocycles. The Bertz CT molecular complexity index is 703. The van der Waals surface area contributed by atoms with Crippen molar-refractivity contribution in [3.05, 3.63) is 63.1 Å². The Morgan fingerprint density at radius 2 is 2.10 bits per heavy atom. The molecular weight excluding hydrogens is 312 g/mol. The van der Waals surface area contributed by atoms with E-state index in [0.29, 0.717) is 5.56 Å². The van der Waals surface area contributed by atoms with E-state index in [-0.39, 0.29) is 16.0 Å². The van der Waals surface area contributed by atoms with Gasteiger partial charge in [0.25, 0.3) is 0 Å². The van der Waals surface area contributed by atoms with Gasteiger partial charge >= 0.3 is 0 Å². The lowest BCUT2D eigenvalue weighted by molar-refractivity contribution is 0.0254. The number of hydrogen-bond donors (Lipinski definition) is 1. The SMILES string of the molecule is CC(O)(c1cc(F)c(Cl)cc1Cl)C1CCc2cccnc21. The summed E-state index contributed by atoms with van der Waals surface area (Å²) in [6.45, 7) is 1.65. The average molecular weight is 326 g/mol. The smallest absolute Gasteiger partial charge is 0.142 e. The molecule has 1 heterocycles. The van der Waals surface area contributed by atoms with Gasteiger partial charge in [-0.2, -0.15) is 0 Å². The molecule has 0 saturated carbocycles. The van der Waals surface area contributed by atoms with Crippen molar-refractivity contribution in [3.8, 4) is 0 Å². The minimum absolute atomic E-state index is 0.0514. The monoisotopic (exact) mass is 325 g/mol. The highest BCUT2D eigenvalue weighted by Gasteiger charge is 2.41. The molecule has 2 atom stereocenters. The fourth-order valence-corrected chi connectivity index (χ4v) is 3.63. The predicted molar refractivity (Wildman–Crippen MR) is 81.3 cm³/mol. The second kappa shape index (κ2) is 5.24. The fourth-order valence-electron chi connectivity index (χ4n) is 3.06. The number of benzene rings is 1. The van der Waals surface area contributed by atoms with Crippen LogP contribution in [-0.2, 0) is 12.0 Å². The summed E-state index contributed by atoms with van der Waals surface area (Å²) in [4.78, 5) is 4.38. The Balaban J connectivity index is 2.08. The van der Waals surface area contributed by atoms with Gasteiger partial charge in [-0.05, 0) is 43.5 Å². The molecule has 0 aliphatic heterocycles. The van der Waals surface area contributed by atoms with E-state index < -0.39 is 11.4 Å². The van der Waals surface area contributed by atoms with Gasteiger partial charge in [-0.15, -0.1) is 0 Å². The summed E-state index contributed by atoms with van der Waals surface area (Å²) in [6.07, 6.45) is 3.30. The minimum atomic E-state index is -1.30. The Labute approximate surface area is 132 Å². The van der Waals surface area contributed by atoms with Gasteiger partial charge in [0, 0.05) is 28.4 Å². The van der Waals surface area contributed by atoms with Crippen LogP contribution in [0.4, 0.5) is 4.39 Å². The zero-order valence-electron chi connectivity index (χ0n) is 11.4.